The van der Waals surface area contributed by atoms with Crippen molar-refractivity contribution in [3.63, 3.8) is 0 Å². The molecule has 1 heterocycles. The number of nitrogens with one attached hydrogen (secondary N) is 1. The van der Waals surface area contributed by atoms with E-state index in [0.29, 0.717) is 11.8 Å². The third kappa shape index (κ3) is 5.64. The summed E-state index contributed by atoms with van der Waals surface area (Å²) in [6.45, 7) is 5.55. The van der Waals surface area contributed by atoms with Crippen molar-refractivity contribution in [3.05, 3.63) is 47.5 Å². The Morgan fingerprint density at radius 1 is 1.00 bits per heavy atom. The Labute approximate surface area is 189 Å². The highest BCUT2D eigenvalue weighted by molar-refractivity contribution is 5.87. The normalized spacial score (nSPS) is 17.6. The highest BCUT2D eigenvalue weighted by Crippen LogP contribution is 2.46. The molecule has 1 atom stereocenters. The highest BCUT2D eigenvalue weighted by Gasteiger charge is 2.53. The van der Waals surface area contributed by atoms with Gasteiger partial charge in [0.15, 0.2) is 6.04 Å². The molecule has 176 valence electrons. The summed E-state index contributed by atoms with van der Waals surface area (Å²) in [4.78, 5) is 12.1. The largest absolute Gasteiger partial charge is 0.409 e. The quantitative estimate of drug-likeness (QED) is 0.388. The number of halogens is 3. The van der Waals surface area contributed by atoms with Crippen LogP contribution in [0.1, 0.15) is 89.3 Å². The standard InChI is InChI=1S/C26H35F3N2O/c1-4-5-6-7-8-9-10-14-20-17-16-19-13-11-12-15-21(19)23(20)24(26(27,28)29)31-25(2,3)18-22(32)30-31/h11-13,15-17,24H,4-10,14,18H2,1-3H3,(H,30,32). The number of rotatable bonds is 10. The smallest absolute Gasteiger partial charge is 0.287 e. The zero-order chi connectivity index (χ0) is 23.4. The fourth-order valence-electron chi connectivity index (χ4n) is 4.81. The van der Waals surface area contributed by atoms with Crippen molar-refractivity contribution in [2.45, 2.75) is 96.3 Å². The summed E-state index contributed by atoms with van der Waals surface area (Å²) in [5.41, 5.74) is 2.57. The number of nitrogens with zero attached hydrogens (tertiary/aromatic N) is 1. The van der Waals surface area contributed by atoms with Crippen LogP contribution in [0, 0.1) is 0 Å². The third-order valence-electron chi connectivity index (χ3n) is 6.44. The minimum Gasteiger partial charge on any atom is -0.287 e. The minimum atomic E-state index is -4.53. The maximum absolute atomic E-state index is 14.6. The van der Waals surface area contributed by atoms with Gasteiger partial charge < -0.3 is 0 Å². The van der Waals surface area contributed by atoms with E-state index in [0.717, 1.165) is 35.2 Å². The fourth-order valence-corrected chi connectivity index (χ4v) is 4.81. The average molecular weight is 449 g/mol. The van der Waals surface area contributed by atoms with Crippen LogP contribution < -0.4 is 5.43 Å². The Bertz CT molecular complexity index is 923. The van der Waals surface area contributed by atoms with Gasteiger partial charge >= 0.3 is 6.18 Å². The SMILES string of the molecule is CCCCCCCCCc1ccc2ccccc2c1C(N1NC(=O)CC1(C)C)C(F)(F)F. The zero-order valence-corrected chi connectivity index (χ0v) is 19.4. The minimum absolute atomic E-state index is 0.0391. The summed E-state index contributed by atoms with van der Waals surface area (Å²) in [7, 11) is 0. The molecule has 32 heavy (non-hydrogen) atoms. The van der Waals surface area contributed by atoms with Crippen LogP contribution >= 0.6 is 0 Å². The first-order valence-corrected chi connectivity index (χ1v) is 11.8. The predicted octanol–water partition coefficient (Wildman–Crippen LogP) is 7.25. The van der Waals surface area contributed by atoms with Gasteiger partial charge in [-0.25, -0.2) is 0 Å². The Morgan fingerprint density at radius 3 is 2.28 bits per heavy atom. The zero-order valence-electron chi connectivity index (χ0n) is 19.4. The second-order valence-corrected chi connectivity index (χ2v) is 9.57. The molecule has 1 saturated heterocycles. The Balaban J connectivity index is 1.96. The Kier molecular flexibility index (Phi) is 7.86. The van der Waals surface area contributed by atoms with E-state index in [1.165, 1.54) is 25.7 Å². The van der Waals surface area contributed by atoms with Crippen LogP contribution in [0.3, 0.4) is 0 Å². The van der Waals surface area contributed by atoms with E-state index in [1.807, 2.05) is 24.3 Å². The number of benzene rings is 2. The molecule has 0 aliphatic carbocycles. The van der Waals surface area contributed by atoms with Crippen molar-refractivity contribution in [1.82, 2.24) is 10.4 Å². The number of alkyl halides is 3. The van der Waals surface area contributed by atoms with Crippen LogP contribution in [-0.2, 0) is 11.2 Å². The van der Waals surface area contributed by atoms with Gasteiger partial charge in [0, 0.05) is 12.0 Å². The molecule has 1 aliphatic rings. The van der Waals surface area contributed by atoms with Crippen LogP contribution in [0.25, 0.3) is 10.8 Å². The fraction of sp³-hybridized carbons (Fsp3) is 0.577. The van der Waals surface area contributed by atoms with E-state index < -0.39 is 17.8 Å². The van der Waals surface area contributed by atoms with E-state index in [1.54, 1.807) is 26.0 Å². The molecule has 0 bridgehead atoms. The van der Waals surface area contributed by atoms with Gasteiger partial charge in [0.2, 0.25) is 5.91 Å². The number of amides is 1. The van der Waals surface area contributed by atoms with Crippen molar-refractivity contribution < 1.29 is 18.0 Å². The lowest BCUT2D eigenvalue weighted by atomic mass is 9.88. The van der Waals surface area contributed by atoms with Gasteiger partial charge in [-0.05, 0) is 48.6 Å². The maximum Gasteiger partial charge on any atom is 0.409 e. The lowest BCUT2D eigenvalue weighted by Crippen LogP contribution is -2.51. The van der Waals surface area contributed by atoms with Crippen LogP contribution in [-0.4, -0.2) is 22.6 Å². The van der Waals surface area contributed by atoms with Crippen LogP contribution in [0.15, 0.2) is 36.4 Å². The molecular formula is C26H35F3N2O. The van der Waals surface area contributed by atoms with Crippen molar-refractivity contribution in [1.29, 1.82) is 0 Å². The molecular weight excluding hydrogens is 413 g/mol. The summed E-state index contributed by atoms with van der Waals surface area (Å²) in [5.74, 6) is -0.377. The summed E-state index contributed by atoms with van der Waals surface area (Å²) < 4.78 is 43.8. The number of hydrogen-bond acceptors (Lipinski definition) is 2. The summed E-state index contributed by atoms with van der Waals surface area (Å²) in [6, 6.07) is 9.10. The van der Waals surface area contributed by atoms with Crippen molar-refractivity contribution in [2.24, 2.45) is 0 Å². The number of aryl methyl sites for hydroxylation is 1. The molecule has 3 rings (SSSR count). The number of hydrazine groups is 1. The second-order valence-electron chi connectivity index (χ2n) is 9.57. The number of hydrogen-bond donors (Lipinski definition) is 1. The van der Waals surface area contributed by atoms with Crippen molar-refractivity contribution in [2.75, 3.05) is 0 Å². The summed E-state index contributed by atoms with van der Waals surface area (Å²) in [6.07, 6.45) is 3.92. The maximum atomic E-state index is 14.6. The molecule has 1 amide bonds. The van der Waals surface area contributed by atoms with Crippen LogP contribution in [0.2, 0.25) is 0 Å². The molecule has 1 fully saturated rings. The lowest BCUT2D eigenvalue weighted by molar-refractivity contribution is -0.203. The van der Waals surface area contributed by atoms with Crippen LogP contribution in [0.4, 0.5) is 13.2 Å². The van der Waals surface area contributed by atoms with Crippen molar-refractivity contribution >= 4 is 16.7 Å². The monoisotopic (exact) mass is 448 g/mol. The van der Waals surface area contributed by atoms with E-state index >= 15 is 0 Å². The van der Waals surface area contributed by atoms with Crippen LogP contribution in [0.5, 0.6) is 0 Å². The third-order valence-corrected chi connectivity index (χ3v) is 6.44. The molecule has 1 unspecified atom stereocenters. The van der Waals surface area contributed by atoms with E-state index in [-0.39, 0.29) is 17.9 Å². The van der Waals surface area contributed by atoms with E-state index in [9.17, 15) is 18.0 Å². The topological polar surface area (TPSA) is 32.3 Å². The number of unbranched alkanes of at least 4 members (excludes halogenated alkanes) is 6. The first-order valence-electron chi connectivity index (χ1n) is 11.8. The molecule has 2 aromatic carbocycles. The lowest BCUT2D eigenvalue weighted by Gasteiger charge is -2.39. The number of fused-ring (bicyclic) bond motifs is 1. The van der Waals surface area contributed by atoms with E-state index in [2.05, 4.69) is 12.3 Å². The van der Waals surface area contributed by atoms with Gasteiger partial charge in [-0.1, -0.05) is 81.8 Å². The molecule has 0 spiro atoms. The Hall–Kier alpha value is -2.08. The van der Waals surface area contributed by atoms with E-state index in [4.69, 9.17) is 0 Å². The molecule has 6 heteroatoms. The van der Waals surface area contributed by atoms with Gasteiger partial charge in [0.1, 0.15) is 0 Å². The molecule has 1 aliphatic heterocycles. The highest BCUT2D eigenvalue weighted by atomic mass is 19.4. The molecule has 0 aromatic heterocycles. The first kappa shape index (κ1) is 24.6. The summed E-state index contributed by atoms with van der Waals surface area (Å²) in [5, 5.41) is 2.52. The predicted molar refractivity (Wildman–Crippen MR) is 123 cm³/mol. The average Bonchev–Trinajstić information content (AvgIpc) is 2.99. The van der Waals surface area contributed by atoms with Gasteiger partial charge in [-0.2, -0.15) is 18.2 Å². The summed E-state index contributed by atoms with van der Waals surface area (Å²) >= 11 is 0. The van der Waals surface area contributed by atoms with Gasteiger partial charge in [0.25, 0.3) is 0 Å². The van der Waals surface area contributed by atoms with Crippen molar-refractivity contribution in [3.8, 4) is 0 Å². The molecule has 0 radical (unpaired) electrons. The molecule has 0 saturated carbocycles. The first-order chi connectivity index (χ1) is 15.1. The second kappa shape index (κ2) is 10.2. The molecule has 1 N–H and O–H groups in total. The molecule has 2 aromatic rings. The Morgan fingerprint density at radius 2 is 1.66 bits per heavy atom. The van der Waals surface area contributed by atoms with Gasteiger partial charge in [-0.3, -0.25) is 10.2 Å². The number of carbonyl (C=O) groups excluding carboxylic acids is 1. The molecule has 3 nitrogen and oxygen atoms in total. The van der Waals surface area contributed by atoms with Gasteiger partial charge in [0.05, 0.1) is 0 Å². The number of carbonyl (C=O) groups is 1. The van der Waals surface area contributed by atoms with Gasteiger partial charge in [-0.15, -0.1) is 0 Å².